The summed E-state index contributed by atoms with van der Waals surface area (Å²) in [6.45, 7) is 2.12. The van der Waals surface area contributed by atoms with Gasteiger partial charge in [-0.3, -0.25) is 4.98 Å². The number of hydrogen-bond acceptors (Lipinski definition) is 3. The van der Waals surface area contributed by atoms with E-state index >= 15 is 0 Å². The molecule has 0 aromatic carbocycles. The summed E-state index contributed by atoms with van der Waals surface area (Å²) in [4.78, 5) is 5.37. The van der Waals surface area contributed by atoms with Gasteiger partial charge in [-0.2, -0.15) is 0 Å². The molecular formula is C10H17IN2S. The lowest BCUT2D eigenvalue weighted by Gasteiger charge is -2.01. The lowest BCUT2D eigenvalue weighted by molar-refractivity contribution is 0.603. The first-order chi connectivity index (χ1) is 6.93. The molecule has 0 saturated carbocycles. The molecule has 1 heterocycles. The molecule has 0 radical (unpaired) electrons. The zero-order valence-electron chi connectivity index (χ0n) is 8.34. The van der Waals surface area contributed by atoms with Crippen LogP contribution in [0.3, 0.4) is 0 Å². The fourth-order valence-corrected chi connectivity index (χ4v) is 2.34. The first-order valence-corrected chi connectivity index (χ1v) is 7.48. The van der Waals surface area contributed by atoms with Crippen molar-refractivity contribution in [2.45, 2.75) is 32.2 Å². The monoisotopic (exact) mass is 324 g/mol. The first-order valence-electron chi connectivity index (χ1n) is 5.07. The van der Waals surface area contributed by atoms with Crippen molar-refractivity contribution in [3.05, 3.63) is 16.6 Å². The summed E-state index contributed by atoms with van der Waals surface area (Å²) in [6.07, 6.45) is 7.35. The molecule has 1 rings (SSSR count). The van der Waals surface area contributed by atoms with Crippen LogP contribution in [0.25, 0.3) is 0 Å². The number of halogens is 1. The second-order valence-corrected chi connectivity index (χ2v) is 5.30. The van der Waals surface area contributed by atoms with Crippen molar-refractivity contribution in [1.82, 2.24) is 10.3 Å². The Balaban J connectivity index is 1.85. The average molecular weight is 324 g/mol. The van der Waals surface area contributed by atoms with Crippen LogP contribution in [0.1, 0.15) is 30.6 Å². The number of hydrogen-bond donors (Lipinski definition) is 1. The fraction of sp³-hybridized carbons (Fsp3) is 0.700. The maximum absolute atomic E-state index is 4.04. The number of nitrogens with one attached hydrogen (secondary N) is 1. The van der Waals surface area contributed by atoms with E-state index in [1.165, 1.54) is 35.0 Å². The predicted octanol–water partition coefficient (Wildman–Crippen LogP) is 3.23. The summed E-state index contributed by atoms with van der Waals surface area (Å²) in [5, 5.41) is 3.43. The van der Waals surface area contributed by atoms with Gasteiger partial charge in [0, 0.05) is 17.6 Å². The van der Waals surface area contributed by atoms with Crippen LogP contribution in [0, 0.1) is 0 Å². The fourth-order valence-electron chi connectivity index (χ4n) is 1.24. The highest BCUT2D eigenvalue weighted by molar-refractivity contribution is 14.1. The summed E-state index contributed by atoms with van der Waals surface area (Å²) in [6, 6.07) is 0. The third-order valence-corrected chi connectivity index (χ3v) is 3.56. The highest BCUT2D eigenvalue weighted by Crippen LogP contribution is 2.05. The molecule has 0 unspecified atom stereocenters. The second-order valence-electron chi connectivity index (χ2n) is 3.25. The Kier molecular flexibility index (Phi) is 7.62. The Morgan fingerprint density at radius 2 is 2.14 bits per heavy atom. The molecule has 0 fully saturated rings. The van der Waals surface area contributed by atoms with Crippen LogP contribution in [0.15, 0.2) is 11.7 Å². The molecule has 0 amide bonds. The molecule has 0 aliphatic carbocycles. The van der Waals surface area contributed by atoms with E-state index in [2.05, 4.69) is 32.9 Å². The normalized spacial score (nSPS) is 10.6. The SMILES string of the molecule is ICCCCCCNCc1cncs1. The van der Waals surface area contributed by atoms with E-state index < -0.39 is 0 Å². The molecule has 0 atom stereocenters. The maximum Gasteiger partial charge on any atom is 0.0794 e. The van der Waals surface area contributed by atoms with Crippen LogP contribution >= 0.6 is 33.9 Å². The second kappa shape index (κ2) is 8.61. The largest absolute Gasteiger partial charge is 0.312 e. The van der Waals surface area contributed by atoms with E-state index in [1.54, 1.807) is 11.3 Å². The molecule has 0 bridgehead atoms. The molecular weight excluding hydrogens is 307 g/mol. The summed E-state index contributed by atoms with van der Waals surface area (Å²) < 4.78 is 1.30. The lowest BCUT2D eigenvalue weighted by atomic mass is 10.2. The molecule has 1 N–H and O–H groups in total. The first kappa shape index (κ1) is 12.4. The number of thiazole rings is 1. The van der Waals surface area contributed by atoms with Gasteiger partial charge in [0.15, 0.2) is 0 Å². The molecule has 0 aliphatic rings. The van der Waals surface area contributed by atoms with Crippen LogP contribution in [-0.4, -0.2) is 16.0 Å². The van der Waals surface area contributed by atoms with E-state index in [9.17, 15) is 0 Å². The minimum Gasteiger partial charge on any atom is -0.312 e. The van der Waals surface area contributed by atoms with Gasteiger partial charge < -0.3 is 5.32 Å². The van der Waals surface area contributed by atoms with Crippen molar-refractivity contribution in [3.8, 4) is 0 Å². The molecule has 1 aromatic heterocycles. The van der Waals surface area contributed by atoms with E-state index in [0.717, 1.165) is 13.1 Å². The van der Waals surface area contributed by atoms with Gasteiger partial charge in [0.1, 0.15) is 0 Å². The highest BCUT2D eigenvalue weighted by Gasteiger charge is 1.93. The lowest BCUT2D eigenvalue weighted by Crippen LogP contribution is -2.13. The standard InChI is InChI=1S/C10H17IN2S/c11-5-3-1-2-4-6-12-7-10-8-13-9-14-10/h8-9,12H,1-7H2. The van der Waals surface area contributed by atoms with E-state index in [-0.39, 0.29) is 0 Å². The Morgan fingerprint density at radius 3 is 2.86 bits per heavy atom. The third-order valence-electron chi connectivity index (χ3n) is 2.02. The smallest absolute Gasteiger partial charge is 0.0794 e. The molecule has 2 nitrogen and oxygen atoms in total. The molecule has 0 aliphatic heterocycles. The number of nitrogens with zero attached hydrogens (tertiary/aromatic N) is 1. The van der Waals surface area contributed by atoms with Crippen LogP contribution in [0.2, 0.25) is 0 Å². The highest BCUT2D eigenvalue weighted by atomic mass is 127. The topological polar surface area (TPSA) is 24.9 Å². The number of alkyl halides is 1. The molecule has 4 heteroatoms. The van der Waals surface area contributed by atoms with Gasteiger partial charge >= 0.3 is 0 Å². The van der Waals surface area contributed by atoms with E-state index in [1.807, 2.05) is 11.7 Å². The number of rotatable bonds is 8. The molecule has 80 valence electrons. The van der Waals surface area contributed by atoms with Gasteiger partial charge in [0.2, 0.25) is 0 Å². The molecule has 1 aromatic rings. The molecule has 14 heavy (non-hydrogen) atoms. The Morgan fingerprint density at radius 1 is 1.29 bits per heavy atom. The zero-order valence-corrected chi connectivity index (χ0v) is 11.3. The van der Waals surface area contributed by atoms with Gasteiger partial charge in [-0.25, -0.2) is 0 Å². The average Bonchev–Trinajstić information content (AvgIpc) is 2.69. The van der Waals surface area contributed by atoms with Crippen LogP contribution in [0.5, 0.6) is 0 Å². The summed E-state index contributed by atoms with van der Waals surface area (Å²) >= 11 is 4.16. The Hall–Kier alpha value is 0.320. The van der Waals surface area contributed by atoms with Crippen molar-refractivity contribution >= 4 is 33.9 Å². The third kappa shape index (κ3) is 5.93. The minimum atomic E-state index is 0.983. The summed E-state index contributed by atoms with van der Waals surface area (Å²) in [5.41, 5.74) is 1.89. The van der Waals surface area contributed by atoms with E-state index in [4.69, 9.17) is 0 Å². The van der Waals surface area contributed by atoms with Crippen molar-refractivity contribution in [1.29, 1.82) is 0 Å². The van der Waals surface area contributed by atoms with Crippen molar-refractivity contribution in [2.24, 2.45) is 0 Å². The summed E-state index contributed by atoms with van der Waals surface area (Å²) in [5.74, 6) is 0. The van der Waals surface area contributed by atoms with Gasteiger partial charge in [-0.1, -0.05) is 35.4 Å². The van der Waals surface area contributed by atoms with Crippen molar-refractivity contribution < 1.29 is 0 Å². The molecule has 0 saturated heterocycles. The van der Waals surface area contributed by atoms with Crippen molar-refractivity contribution in [2.75, 3.05) is 11.0 Å². The van der Waals surface area contributed by atoms with Crippen LogP contribution in [-0.2, 0) is 6.54 Å². The van der Waals surface area contributed by atoms with Gasteiger partial charge in [-0.05, 0) is 23.8 Å². The number of aromatic nitrogens is 1. The van der Waals surface area contributed by atoms with E-state index in [0.29, 0.717) is 0 Å². The van der Waals surface area contributed by atoms with Gasteiger partial charge in [0.25, 0.3) is 0 Å². The minimum absolute atomic E-state index is 0.983. The number of unbranched alkanes of at least 4 members (excludes halogenated alkanes) is 3. The van der Waals surface area contributed by atoms with Crippen molar-refractivity contribution in [3.63, 3.8) is 0 Å². The molecule has 0 spiro atoms. The van der Waals surface area contributed by atoms with Gasteiger partial charge in [0.05, 0.1) is 5.51 Å². The van der Waals surface area contributed by atoms with Gasteiger partial charge in [-0.15, -0.1) is 11.3 Å². The quantitative estimate of drug-likeness (QED) is 0.451. The maximum atomic E-state index is 4.04. The predicted molar refractivity (Wildman–Crippen MR) is 71.2 cm³/mol. The van der Waals surface area contributed by atoms with Crippen LogP contribution in [0.4, 0.5) is 0 Å². The Labute approximate surface area is 104 Å². The Bertz CT molecular complexity index is 214. The summed E-state index contributed by atoms with van der Waals surface area (Å²) in [7, 11) is 0. The van der Waals surface area contributed by atoms with Crippen LogP contribution < -0.4 is 5.32 Å². The zero-order chi connectivity index (χ0) is 10.1.